The zero-order chi connectivity index (χ0) is 14.2. The summed E-state index contributed by atoms with van der Waals surface area (Å²) in [5.74, 6) is 0.728. The first kappa shape index (κ1) is 14.0. The molecule has 1 heterocycles. The van der Waals surface area contributed by atoms with E-state index in [4.69, 9.17) is 10.00 Å². The van der Waals surface area contributed by atoms with Crippen molar-refractivity contribution in [1.82, 2.24) is 10.3 Å². The number of hydrogen-bond acceptors (Lipinski definition) is 4. The van der Waals surface area contributed by atoms with E-state index >= 15 is 0 Å². The Kier molecular flexibility index (Phi) is 5.10. The summed E-state index contributed by atoms with van der Waals surface area (Å²) in [6.07, 6.45) is 3.67. The number of pyridine rings is 1. The second kappa shape index (κ2) is 7.27. The van der Waals surface area contributed by atoms with Gasteiger partial charge < -0.3 is 10.1 Å². The summed E-state index contributed by atoms with van der Waals surface area (Å²) in [7, 11) is 0. The van der Waals surface area contributed by atoms with E-state index in [-0.39, 0.29) is 6.61 Å². The van der Waals surface area contributed by atoms with Crippen LogP contribution in [0.4, 0.5) is 0 Å². The number of ether oxygens (including phenoxy) is 1. The van der Waals surface area contributed by atoms with Crippen molar-refractivity contribution in [2.24, 2.45) is 0 Å². The van der Waals surface area contributed by atoms with E-state index in [1.54, 1.807) is 6.20 Å². The molecule has 0 unspecified atom stereocenters. The fourth-order valence-corrected chi connectivity index (χ4v) is 1.90. The van der Waals surface area contributed by atoms with Crippen LogP contribution in [-0.2, 0) is 13.1 Å². The highest BCUT2D eigenvalue weighted by Gasteiger charge is 1.99. The van der Waals surface area contributed by atoms with E-state index in [9.17, 15) is 0 Å². The van der Waals surface area contributed by atoms with E-state index in [0.717, 1.165) is 24.4 Å². The summed E-state index contributed by atoms with van der Waals surface area (Å²) in [4.78, 5) is 4.08. The van der Waals surface area contributed by atoms with Crippen molar-refractivity contribution >= 4 is 0 Å². The van der Waals surface area contributed by atoms with Crippen LogP contribution in [0.3, 0.4) is 0 Å². The lowest BCUT2D eigenvalue weighted by atomic mass is 10.1. The van der Waals surface area contributed by atoms with Gasteiger partial charge in [-0.3, -0.25) is 4.98 Å². The Morgan fingerprint density at radius 2 is 2.20 bits per heavy atom. The van der Waals surface area contributed by atoms with Gasteiger partial charge in [-0.1, -0.05) is 12.1 Å². The standard InChI is InChI=1S/C16H17N3O/c1-13-10-18-7-5-15(13)12-19-11-14-3-2-4-16(9-14)20-8-6-17/h2-5,7,9-10,19H,8,11-12H2,1H3. The van der Waals surface area contributed by atoms with Crippen LogP contribution in [-0.4, -0.2) is 11.6 Å². The lowest BCUT2D eigenvalue weighted by molar-refractivity contribution is 0.367. The van der Waals surface area contributed by atoms with Crippen LogP contribution in [0, 0.1) is 18.3 Å². The van der Waals surface area contributed by atoms with E-state index in [2.05, 4.69) is 17.2 Å². The molecule has 0 radical (unpaired) electrons. The van der Waals surface area contributed by atoms with Gasteiger partial charge in [-0.25, -0.2) is 0 Å². The average molecular weight is 267 g/mol. The molecule has 0 fully saturated rings. The summed E-state index contributed by atoms with van der Waals surface area (Å²) in [6, 6.07) is 11.8. The van der Waals surface area contributed by atoms with Crippen LogP contribution in [0.25, 0.3) is 0 Å². The number of nitrogens with zero attached hydrogens (tertiary/aromatic N) is 2. The van der Waals surface area contributed by atoms with Crippen LogP contribution in [0.15, 0.2) is 42.7 Å². The van der Waals surface area contributed by atoms with Crippen molar-refractivity contribution in [3.63, 3.8) is 0 Å². The van der Waals surface area contributed by atoms with Gasteiger partial charge in [-0.05, 0) is 41.8 Å². The van der Waals surface area contributed by atoms with E-state index in [0.29, 0.717) is 0 Å². The first-order valence-electron chi connectivity index (χ1n) is 6.48. The van der Waals surface area contributed by atoms with Gasteiger partial charge in [-0.2, -0.15) is 5.26 Å². The lowest BCUT2D eigenvalue weighted by Gasteiger charge is -2.08. The molecule has 0 bridgehead atoms. The fraction of sp³-hybridized carbons (Fsp3) is 0.250. The molecule has 4 heteroatoms. The Morgan fingerprint density at radius 1 is 1.30 bits per heavy atom. The molecule has 2 rings (SSSR count). The lowest BCUT2D eigenvalue weighted by Crippen LogP contribution is -2.13. The molecule has 20 heavy (non-hydrogen) atoms. The van der Waals surface area contributed by atoms with Gasteiger partial charge in [-0.15, -0.1) is 0 Å². The number of hydrogen-bond donors (Lipinski definition) is 1. The summed E-state index contributed by atoms with van der Waals surface area (Å²) in [6.45, 7) is 3.69. The molecule has 0 spiro atoms. The molecule has 0 saturated heterocycles. The monoisotopic (exact) mass is 267 g/mol. The molecule has 0 aliphatic heterocycles. The van der Waals surface area contributed by atoms with Crippen LogP contribution < -0.4 is 10.1 Å². The maximum Gasteiger partial charge on any atom is 0.174 e. The molecule has 1 aromatic heterocycles. The summed E-state index contributed by atoms with van der Waals surface area (Å²) < 4.78 is 5.28. The van der Waals surface area contributed by atoms with E-state index < -0.39 is 0 Å². The predicted octanol–water partition coefficient (Wildman–Crippen LogP) is 2.58. The third kappa shape index (κ3) is 4.08. The summed E-state index contributed by atoms with van der Waals surface area (Å²) >= 11 is 0. The summed E-state index contributed by atoms with van der Waals surface area (Å²) in [5.41, 5.74) is 3.56. The summed E-state index contributed by atoms with van der Waals surface area (Å²) in [5, 5.41) is 11.9. The highest BCUT2D eigenvalue weighted by molar-refractivity contribution is 5.29. The maximum atomic E-state index is 8.50. The quantitative estimate of drug-likeness (QED) is 0.874. The number of nitrogens with one attached hydrogen (secondary N) is 1. The molecule has 102 valence electrons. The molecule has 0 atom stereocenters. The Labute approximate surface area is 119 Å². The number of nitriles is 1. The molecular weight excluding hydrogens is 250 g/mol. The van der Waals surface area contributed by atoms with Crippen LogP contribution in [0.5, 0.6) is 5.75 Å². The zero-order valence-corrected chi connectivity index (χ0v) is 11.5. The van der Waals surface area contributed by atoms with Gasteiger partial charge in [0, 0.05) is 25.5 Å². The van der Waals surface area contributed by atoms with Gasteiger partial charge in [0.25, 0.3) is 0 Å². The Balaban J connectivity index is 1.88. The number of rotatable bonds is 6. The second-order valence-corrected chi connectivity index (χ2v) is 4.50. The number of benzene rings is 1. The highest BCUT2D eigenvalue weighted by Crippen LogP contribution is 2.13. The molecule has 0 saturated carbocycles. The van der Waals surface area contributed by atoms with Gasteiger partial charge >= 0.3 is 0 Å². The fourth-order valence-electron chi connectivity index (χ4n) is 1.90. The molecule has 0 aliphatic carbocycles. The Bertz CT molecular complexity index is 605. The first-order chi connectivity index (χ1) is 9.79. The van der Waals surface area contributed by atoms with Gasteiger partial charge in [0.15, 0.2) is 6.61 Å². The Morgan fingerprint density at radius 3 is 3.00 bits per heavy atom. The molecule has 1 N–H and O–H groups in total. The van der Waals surface area contributed by atoms with E-state index in [1.165, 1.54) is 11.1 Å². The minimum atomic E-state index is 0.0765. The molecule has 2 aromatic rings. The Hall–Kier alpha value is -2.38. The van der Waals surface area contributed by atoms with Crippen molar-refractivity contribution in [1.29, 1.82) is 5.26 Å². The first-order valence-corrected chi connectivity index (χ1v) is 6.48. The average Bonchev–Trinajstić information content (AvgIpc) is 2.48. The highest BCUT2D eigenvalue weighted by atomic mass is 16.5. The minimum Gasteiger partial charge on any atom is -0.479 e. The number of aromatic nitrogens is 1. The van der Waals surface area contributed by atoms with Crippen LogP contribution in [0.2, 0.25) is 0 Å². The van der Waals surface area contributed by atoms with E-state index in [1.807, 2.05) is 42.6 Å². The van der Waals surface area contributed by atoms with Crippen molar-refractivity contribution < 1.29 is 4.74 Å². The third-order valence-electron chi connectivity index (χ3n) is 2.98. The minimum absolute atomic E-state index is 0.0765. The van der Waals surface area contributed by atoms with Crippen LogP contribution >= 0.6 is 0 Å². The van der Waals surface area contributed by atoms with Crippen molar-refractivity contribution in [3.05, 3.63) is 59.4 Å². The second-order valence-electron chi connectivity index (χ2n) is 4.50. The molecule has 0 aliphatic rings. The van der Waals surface area contributed by atoms with Crippen LogP contribution in [0.1, 0.15) is 16.7 Å². The maximum absolute atomic E-state index is 8.50. The van der Waals surface area contributed by atoms with Crippen molar-refractivity contribution in [2.45, 2.75) is 20.0 Å². The van der Waals surface area contributed by atoms with Gasteiger partial charge in [0.05, 0.1) is 0 Å². The topological polar surface area (TPSA) is 57.9 Å². The van der Waals surface area contributed by atoms with Crippen molar-refractivity contribution in [2.75, 3.05) is 6.61 Å². The van der Waals surface area contributed by atoms with Gasteiger partial charge in [0.1, 0.15) is 11.8 Å². The molecular formula is C16H17N3O. The zero-order valence-electron chi connectivity index (χ0n) is 11.5. The number of aryl methyl sites for hydroxylation is 1. The predicted molar refractivity (Wildman–Crippen MR) is 77.1 cm³/mol. The molecule has 1 aromatic carbocycles. The SMILES string of the molecule is Cc1cnccc1CNCc1cccc(OCC#N)c1. The largest absolute Gasteiger partial charge is 0.479 e. The smallest absolute Gasteiger partial charge is 0.174 e. The third-order valence-corrected chi connectivity index (χ3v) is 2.98. The van der Waals surface area contributed by atoms with Gasteiger partial charge in [0.2, 0.25) is 0 Å². The molecule has 4 nitrogen and oxygen atoms in total. The normalized spacial score (nSPS) is 10.0. The van der Waals surface area contributed by atoms with Crippen molar-refractivity contribution in [3.8, 4) is 11.8 Å². The molecule has 0 amide bonds.